The number of ether oxygens (including phenoxy) is 1. The number of aliphatic hydroxyl groups excluding tert-OH is 1. The quantitative estimate of drug-likeness (QED) is 0.599. The van der Waals surface area contributed by atoms with Crippen LogP contribution in [0.25, 0.3) is 10.9 Å². The van der Waals surface area contributed by atoms with Gasteiger partial charge in [0.25, 0.3) is 5.91 Å². The van der Waals surface area contributed by atoms with Gasteiger partial charge < -0.3 is 20.1 Å². The van der Waals surface area contributed by atoms with Crippen LogP contribution in [0.2, 0.25) is 0 Å². The average Bonchev–Trinajstić information content (AvgIpc) is 3.27. The van der Waals surface area contributed by atoms with E-state index in [9.17, 15) is 9.90 Å². The van der Waals surface area contributed by atoms with Crippen LogP contribution in [-0.4, -0.2) is 35.3 Å². The van der Waals surface area contributed by atoms with E-state index in [1.54, 1.807) is 6.07 Å². The van der Waals surface area contributed by atoms with Gasteiger partial charge in [0.05, 0.1) is 24.8 Å². The summed E-state index contributed by atoms with van der Waals surface area (Å²) in [5.41, 5.74) is 3.64. The normalized spacial score (nSPS) is 14.1. The molecular formula is C20H19BrN2O3. The van der Waals surface area contributed by atoms with Gasteiger partial charge in [-0.3, -0.25) is 4.79 Å². The summed E-state index contributed by atoms with van der Waals surface area (Å²) in [5.74, 6) is 0.415. The van der Waals surface area contributed by atoms with Crippen LogP contribution in [0.4, 0.5) is 0 Å². The van der Waals surface area contributed by atoms with E-state index in [0.29, 0.717) is 24.3 Å². The van der Waals surface area contributed by atoms with Gasteiger partial charge in [0.1, 0.15) is 5.75 Å². The number of aromatic amines is 1. The van der Waals surface area contributed by atoms with E-state index >= 15 is 0 Å². The number of aromatic nitrogens is 1. The molecule has 1 atom stereocenters. The van der Waals surface area contributed by atoms with Crippen LogP contribution in [-0.2, 0) is 12.8 Å². The number of carbonyl (C=O) groups is 1. The summed E-state index contributed by atoms with van der Waals surface area (Å²) in [4.78, 5) is 16.0. The highest BCUT2D eigenvalue weighted by atomic mass is 79.9. The Balaban J connectivity index is 1.55. The van der Waals surface area contributed by atoms with Crippen LogP contribution in [0.15, 0.2) is 47.1 Å². The van der Waals surface area contributed by atoms with Gasteiger partial charge in [-0.25, -0.2) is 0 Å². The van der Waals surface area contributed by atoms with Crippen molar-refractivity contribution in [2.24, 2.45) is 0 Å². The van der Waals surface area contributed by atoms with E-state index in [2.05, 4.69) is 26.2 Å². The lowest BCUT2D eigenvalue weighted by atomic mass is 10.0. The minimum absolute atomic E-state index is 0.137. The zero-order valence-electron chi connectivity index (χ0n) is 14.1. The maximum atomic E-state index is 12.8. The fourth-order valence-corrected chi connectivity index (χ4v) is 3.93. The SMILES string of the molecule is O=C(N[C@@H](CO)Cc1c[nH]c2ccccc12)c1cc(Br)cc2c1OCC2. The second kappa shape index (κ2) is 7.13. The van der Waals surface area contributed by atoms with Crippen molar-refractivity contribution in [1.82, 2.24) is 10.3 Å². The molecule has 0 saturated carbocycles. The summed E-state index contributed by atoms with van der Waals surface area (Å²) in [7, 11) is 0. The molecule has 0 fully saturated rings. The predicted molar refractivity (Wildman–Crippen MR) is 104 cm³/mol. The van der Waals surface area contributed by atoms with E-state index in [4.69, 9.17) is 4.74 Å². The number of amides is 1. The first-order valence-corrected chi connectivity index (χ1v) is 9.37. The molecule has 134 valence electrons. The van der Waals surface area contributed by atoms with Crippen LogP contribution in [0.1, 0.15) is 21.5 Å². The number of para-hydroxylation sites is 1. The van der Waals surface area contributed by atoms with Crippen molar-refractivity contribution in [1.29, 1.82) is 0 Å². The zero-order chi connectivity index (χ0) is 18.1. The van der Waals surface area contributed by atoms with Crippen LogP contribution < -0.4 is 10.1 Å². The first-order chi connectivity index (χ1) is 12.7. The van der Waals surface area contributed by atoms with Crippen LogP contribution in [0.5, 0.6) is 5.75 Å². The number of aliphatic hydroxyl groups is 1. The molecule has 0 bridgehead atoms. The van der Waals surface area contributed by atoms with E-state index in [1.807, 2.05) is 36.5 Å². The number of carbonyl (C=O) groups excluding carboxylic acids is 1. The van der Waals surface area contributed by atoms with Gasteiger partial charge in [-0.1, -0.05) is 34.1 Å². The lowest BCUT2D eigenvalue weighted by molar-refractivity contribution is 0.0913. The molecule has 1 aliphatic heterocycles. The van der Waals surface area contributed by atoms with Gasteiger partial charge in [-0.2, -0.15) is 0 Å². The van der Waals surface area contributed by atoms with Crippen molar-refractivity contribution < 1.29 is 14.6 Å². The van der Waals surface area contributed by atoms with Gasteiger partial charge in [-0.05, 0) is 35.7 Å². The summed E-state index contributed by atoms with van der Waals surface area (Å²) in [5, 5.41) is 13.8. The molecule has 6 heteroatoms. The average molecular weight is 415 g/mol. The number of fused-ring (bicyclic) bond motifs is 2. The van der Waals surface area contributed by atoms with E-state index in [0.717, 1.165) is 32.9 Å². The summed E-state index contributed by atoms with van der Waals surface area (Å²) in [6, 6.07) is 11.4. The molecule has 5 nitrogen and oxygen atoms in total. The highest BCUT2D eigenvalue weighted by Gasteiger charge is 2.24. The Morgan fingerprint density at radius 3 is 3.04 bits per heavy atom. The smallest absolute Gasteiger partial charge is 0.255 e. The first-order valence-electron chi connectivity index (χ1n) is 8.57. The van der Waals surface area contributed by atoms with Gasteiger partial charge in [0, 0.05) is 28.0 Å². The Morgan fingerprint density at radius 2 is 2.19 bits per heavy atom. The number of H-pyrrole nitrogens is 1. The largest absolute Gasteiger partial charge is 0.492 e. The van der Waals surface area contributed by atoms with Crippen molar-refractivity contribution >= 4 is 32.7 Å². The second-order valence-electron chi connectivity index (χ2n) is 6.46. The van der Waals surface area contributed by atoms with Crippen LogP contribution >= 0.6 is 15.9 Å². The molecule has 26 heavy (non-hydrogen) atoms. The number of hydrogen-bond acceptors (Lipinski definition) is 3. The third-order valence-electron chi connectivity index (χ3n) is 4.69. The molecular weight excluding hydrogens is 396 g/mol. The summed E-state index contributed by atoms with van der Waals surface area (Å²) in [6.07, 6.45) is 3.27. The topological polar surface area (TPSA) is 74.4 Å². The molecule has 2 heterocycles. The van der Waals surface area contributed by atoms with E-state index in [-0.39, 0.29) is 18.6 Å². The minimum atomic E-state index is -0.377. The number of benzene rings is 2. The van der Waals surface area contributed by atoms with Crippen molar-refractivity contribution in [2.45, 2.75) is 18.9 Å². The van der Waals surface area contributed by atoms with Gasteiger partial charge >= 0.3 is 0 Å². The van der Waals surface area contributed by atoms with Crippen LogP contribution in [0, 0.1) is 0 Å². The number of halogens is 1. The predicted octanol–water partition coefficient (Wildman–Crippen LogP) is 3.20. The van der Waals surface area contributed by atoms with Crippen molar-refractivity contribution in [3.63, 3.8) is 0 Å². The maximum Gasteiger partial charge on any atom is 0.255 e. The van der Waals surface area contributed by atoms with Crippen molar-refractivity contribution in [3.05, 3.63) is 63.8 Å². The Bertz CT molecular complexity index is 967. The van der Waals surface area contributed by atoms with Crippen molar-refractivity contribution in [2.75, 3.05) is 13.2 Å². The highest BCUT2D eigenvalue weighted by molar-refractivity contribution is 9.10. The first kappa shape index (κ1) is 17.1. The zero-order valence-corrected chi connectivity index (χ0v) is 15.7. The van der Waals surface area contributed by atoms with Crippen molar-refractivity contribution in [3.8, 4) is 5.75 Å². The fraction of sp³-hybridized carbons (Fsp3) is 0.250. The van der Waals surface area contributed by atoms with Gasteiger partial charge in [0.15, 0.2) is 0 Å². The molecule has 1 aromatic heterocycles. The Labute approximate surface area is 159 Å². The molecule has 0 unspecified atom stereocenters. The third-order valence-corrected chi connectivity index (χ3v) is 5.15. The molecule has 0 spiro atoms. The number of rotatable bonds is 5. The molecule has 0 radical (unpaired) electrons. The summed E-state index contributed by atoms with van der Waals surface area (Å²) in [6.45, 7) is 0.452. The number of nitrogens with one attached hydrogen (secondary N) is 2. The fourth-order valence-electron chi connectivity index (χ4n) is 3.43. The Hall–Kier alpha value is -2.31. The van der Waals surface area contributed by atoms with Gasteiger partial charge in [-0.15, -0.1) is 0 Å². The van der Waals surface area contributed by atoms with Crippen LogP contribution in [0.3, 0.4) is 0 Å². The molecule has 3 N–H and O–H groups in total. The lowest BCUT2D eigenvalue weighted by Crippen LogP contribution is -2.39. The van der Waals surface area contributed by atoms with E-state index in [1.165, 1.54) is 0 Å². The summed E-state index contributed by atoms with van der Waals surface area (Å²) < 4.78 is 6.49. The minimum Gasteiger partial charge on any atom is -0.492 e. The van der Waals surface area contributed by atoms with E-state index < -0.39 is 0 Å². The molecule has 1 aliphatic rings. The molecule has 1 amide bonds. The molecule has 0 aliphatic carbocycles. The Kier molecular flexibility index (Phi) is 4.70. The van der Waals surface area contributed by atoms with Gasteiger partial charge in [0.2, 0.25) is 0 Å². The maximum absolute atomic E-state index is 12.8. The second-order valence-corrected chi connectivity index (χ2v) is 7.37. The lowest BCUT2D eigenvalue weighted by Gasteiger charge is -2.17. The molecule has 0 saturated heterocycles. The molecule has 4 rings (SSSR count). The summed E-state index contributed by atoms with van der Waals surface area (Å²) >= 11 is 3.45. The Morgan fingerprint density at radius 1 is 1.35 bits per heavy atom. The standard InChI is InChI=1S/C20H19BrN2O3/c21-14-7-12-5-6-26-19(12)17(9-14)20(25)23-15(11-24)8-13-10-22-18-4-2-1-3-16(13)18/h1-4,7,9-10,15,22,24H,5-6,8,11H2,(H,23,25)/t15-/m1/s1. The highest BCUT2D eigenvalue weighted by Crippen LogP contribution is 2.33. The molecule has 3 aromatic rings. The molecule has 2 aromatic carbocycles. The monoisotopic (exact) mass is 414 g/mol. The number of hydrogen-bond donors (Lipinski definition) is 3. The third kappa shape index (κ3) is 3.22.